The summed E-state index contributed by atoms with van der Waals surface area (Å²) in [6.07, 6.45) is 8.32. The fourth-order valence-electron chi connectivity index (χ4n) is 17.9. The number of halogens is 4. The number of allylic oxidation sites excluding steroid dienone is 4. The van der Waals surface area contributed by atoms with Gasteiger partial charge >= 0.3 is 12.1 Å². The minimum atomic E-state index is -5.08. The molecule has 0 saturated heterocycles. The molecule has 0 spiro atoms. The average Bonchev–Trinajstić information content (AvgIpc) is 2.50. The minimum absolute atomic E-state index is 0.389. The number of fused-ring (bicyclic) bond motifs is 31. The number of carboxylic acid groups (broad SMARTS) is 1. The molecule has 4 fully saturated rings. The first kappa shape index (κ1) is 57.2. The number of hydrogen-bond acceptors (Lipinski definition) is 8. The molecule has 10 aliphatic carbocycles. The lowest BCUT2D eigenvalue weighted by molar-refractivity contribution is -0.192. The average molecular weight is 1170 g/mol. The third kappa shape index (κ3) is 9.43. The van der Waals surface area contributed by atoms with E-state index in [0.717, 1.165) is 124 Å². The molecular weight excluding hydrogens is 1090 g/mol. The second-order valence-electron chi connectivity index (χ2n) is 25.3. The Kier molecular flexibility index (Phi) is 15.2. The SMILES string of the molecule is C1=CC2C=CC1C2.CCN1CN(C)Cc2c1cc1c(c2C)C2C3CC(C12)C1c2c(cc(C)c(C)c2C)C31.COCOC.Cc1cc(N)cc2c1C1C3CC(C21)C1c2c(C)cc(N)cc2C31.Cc1cc(N)ccc1Br.O=C(O)C(F)(F)F. The van der Waals surface area contributed by atoms with Crippen molar-refractivity contribution in [2.75, 3.05) is 63.4 Å². The molecule has 430 valence electrons. The van der Waals surface area contributed by atoms with Crippen molar-refractivity contribution in [3.05, 3.63) is 172 Å². The Labute approximate surface area is 485 Å². The normalized spacial score (nSPS) is 29.7. The summed E-state index contributed by atoms with van der Waals surface area (Å²) in [6.45, 7) is 22.0. The first-order valence-corrected chi connectivity index (χ1v) is 29.9. The van der Waals surface area contributed by atoms with Crippen LogP contribution in [0, 0.1) is 84.0 Å². The number of nitrogens with zero attached hydrogens (tertiary/aromatic N) is 2. The van der Waals surface area contributed by atoms with Crippen molar-refractivity contribution in [2.24, 2.45) is 35.5 Å². The highest BCUT2D eigenvalue weighted by Crippen LogP contribution is 2.81. The number of methoxy groups -OCH3 is 2. The number of benzene rings is 5. The molecule has 1 aliphatic heterocycles. The number of carboxylic acids is 1. The van der Waals surface area contributed by atoms with Crippen molar-refractivity contribution < 1.29 is 32.5 Å². The van der Waals surface area contributed by atoms with Crippen molar-refractivity contribution in [1.82, 2.24) is 4.90 Å². The van der Waals surface area contributed by atoms with E-state index in [9.17, 15) is 13.2 Å². The van der Waals surface area contributed by atoms with Gasteiger partial charge in [0.2, 0.25) is 0 Å². The lowest BCUT2D eigenvalue weighted by Crippen LogP contribution is -2.45. The summed E-state index contributed by atoms with van der Waals surface area (Å²) in [5.41, 5.74) is 47.3. The number of ether oxygens (including phenoxy) is 2. The van der Waals surface area contributed by atoms with Gasteiger partial charge in [0, 0.05) is 54.5 Å². The van der Waals surface area contributed by atoms with Gasteiger partial charge in [-0.2, -0.15) is 13.2 Å². The quantitative estimate of drug-likeness (QED) is 0.0602. The van der Waals surface area contributed by atoms with E-state index in [4.69, 9.17) is 27.1 Å². The highest BCUT2D eigenvalue weighted by molar-refractivity contribution is 9.10. The monoisotopic (exact) mass is 1170 g/mol. The van der Waals surface area contributed by atoms with E-state index in [2.05, 4.69) is 151 Å². The second kappa shape index (κ2) is 21.5. The molecule has 5 aromatic rings. The van der Waals surface area contributed by atoms with Gasteiger partial charge in [-0.3, -0.25) is 4.90 Å². The maximum absolute atomic E-state index is 10.6. The van der Waals surface area contributed by atoms with E-state index in [1.54, 1.807) is 81.1 Å². The molecule has 81 heavy (non-hydrogen) atoms. The van der Waals surface area contributed by atoms with Crippen LogP contribution in [-0.4, -0.2) is 63.4 Å². The lowest BCUT2D eigenvalue weighted by Gasteiger charge is -2.56. The Balaban J connectivity index is 0.000000118. The van der Waals surface area contributed by atoms with Crippen LogP contribution in [0.25, 0.3) is 0 Å². The number of carbonyl (C=O) groups is 1. The van der Waals surface area contributed by atoms with E-state index in [-0.39, 0.29) is 0 Å². The topological polar surface area (TPSA) is 140 Å². The third-order valence-electron chi connectivity index (χ3n) is 21.0. The first-order chi connectivity index (χ1) is 38.5. The fourth-order valence-corrected chi connectivity index (χ4v) is 18.1. The van der Waals surface area contributed by atoms with E-state index in [0.29, 0.717) is 6.79 Å². The fraction of sp³-hybridized carbons (Fsp3) is 0.485. The molecule has 5 aromatic carbocycles. The van der Waals surface area contributed by atoms with Gasteiger partial charge < -0.3 is 36.7 Å². The number of alkyl halides is 3. The highest BCUT2D eigenvalue weighted by atomic mass is 79.9. The standard InChI is InChI=1S/C28H34N2.C21H22N2.C7H8BrN.C7H8.C3H8O2.C2HF3O2/c1-7-30-12-29(6)11-21-16(5)24-20(10-22(21)30)26-19-9-18(28(24)26)25-17-8-13(2)14(3)15(4)23(17)27(19)25;1-8-3-10(22)5-12-16(8)20-14-7-15(18(12)20)21-17-9(2)4-11(23)6-13(17)19(14)21;1-5-4-6(9)2-3-7(5)8;1-2-7-4-3-6(1)5-7;1-4-3-5-2;3-2(4,5)1(6)7/h8,10,18-19,25-28H,7,9,11-12H2,1-6H3;3-6,14-15,18-21H,7,22-23H2,1-2H3;2-4H,9H2,1H3;1-4,6-7H,5H2;3H2,1-2H3;(H,6,7). The Morgan fingerprint density at radius 2 is 1.02 bits per heavy atom. The maximum atomic E-state index is 10.6. The van der Waals surface area contributed by atoms with Gasteiger partial charge in [-0.15, -0.1) is 0 Å². The molecule has 16 rings (SSSR count). The highest BCUT2D eigenvalue weighted by Gasteiger charge is 2.69. The van der Waals surface area contributed by atoms with Gasteiger partial charge in [0.25, 0.3) is 0 Å². The maximum Gasteiger partial charge on any atom is 0.490 e. The van der Waals surface area contributed by atoms with Gasteiger partial charge in [-0.05, 0) is 302 Å². The summed E-state index contributed by atoms with van der Waals surface area (Å²) in [4.78, 5) is 14.0. The summed E-state index contributed by atoms with van der Waals surface area (Å²) < 4.78 is 41.8. The van der Waals surface area contributed by atoms with Crippen molar-refractivity contribution >= 4 is 44.6 Å². The number of nitrogen functional groups attached to an aromatic ring is 3. The Bertz CT molecular complexity index is 3290. The van der Waals surface area contributed by atoms with Crippen LogP contribution in [0.1, 0.15) is 163 Å². The molecule has 7 N–H and O–H groups in total. The van der Waals surface area contributed by atoms with Crippen LogP contribution >= 0.6 is 15.9 Å². The van der Waals surface area contributed by atoms with Gasteiger partial charge in [0.15, 0.2) is 0 Å². The molecule has 4 saturated carbocycles. The summed E-state index contributed by atoms with van der Waals surface area (Å²) >= 11 is 3.37. The zero-order valence-corrected chi connectivity index (χ0v) is 50.4. The number of aliphatic carboxylic acids is 1. The van der Waals surface area contributed by atoms with Crippen LogP contribution in [0.4, 0.5) is 35.9 Å². The van der Waals surface area contributed by atoms with Crippen LogP contribution in [0.2, 0.25) is 0 Å². The molecule has 12 atom stereocenters. The van der Waals surface area contributed by atoms with Gasteiger partial charge in [-0.25, -0.2) is 4.79 Å². The zero-order valence-electron chi connectivity index (χ0n) is 48.8. The molecular formula is C68H81BrF3N5O4. The number of aryl methyl sites for hydroxylation is 4. The molecule has 12 unspecified atom stereocenters. The molecule has 0 aromatic heterocycles. The summed E-state index contributed by atoms with van der Waals surface area (Å²) in [5.74, 6) is 8.80. The molecule has 0 radical (unpaired) electrons. The number of nitrogens with two attached hydrogens (primary N) is 3. The Hall–Kier alpha value is -5.60. The smallest absolute Gasteiger partial charge is 0.475 e. The van der Waals surface area contributed by atoms with Crippen LogP contribution in [0.3, 0.4) is 0 Å². The molecule has 1 heterocycles. The number of rotatable bonds is 3. The van der Waals surface area contributed by atoms with Gasteiger partial charge in [0.05, 0.1) is 6.67 Å². The minimum Gasteiger partial charge on any atom is -0.475 e. The molecule has 6 bridgehead atoms. The van der Waals surface area contributed by atoms with Gasteiger partial charge in [0.1, 0.15) is 6.79 Å². The lowest BCUT2D eigenvalue weighted by atomic mass is 9.48. The second-order valence-corrected chi connectivity index (χ2v) is 26.2. The first-order valence-electron chi connectivity index (χ1n) is 29.2. The van der Waals surface area contributed by atoms with Crippen LogP contribution in [0.5, 0.6) is 0 Å². The molecule has 0 amide bonds. The predicted octanol–water partition coefficient (Wildman–Crippen LogP) is 15.0. The largest absolute Gasteiger partial charge is 0.490 e. The van der Waals surface area contributed by atoms with E-state index >= 15 is 0 Å². The van der Waals surface area contributed by atoms with Crippen molar-refractivity contribution in [1.29, 1.82) is 0 Å². The van der Waals surface area contributed by atoms with Crippen molar-refractivity contribution in [3.63, 3.8) is 0 Å². The van der Waals surface area contributed by atoms with Crippen LogP contribution in [-0.2, 0) is 20.8 Å². The van der Waals surface area contributed by atoms with Crippen molar-refractivity contribution in [3.8, 4) is 0 Å². The zero-order chi connectivity index (χ0) is 58.0. The molecule has 11 aliphatic rings. The molecule has 13 heteroatoms. The van der Waals surface area contributed by atoms with Gasteiger partial charge in [-0.1, -0.05) is 46.3 Å². The van der Waals surface area contributed by atoms with E-state index in [1.165, 1.54) is 47.1 Å². The van der Waals surface area contributed by atoms with E-state index in [1.807, 2.05) is 25.1 Å². The summed E-state index contributed by atoms with van der Waals surface area (Å²) in [6, 6.07) is 19.8. The third-order valence-corrected chi connectivity index (χ3v) is 21.9. The Morgan fingerprint density at radius 3 is 1.42 bits per heavy atom. The van der Waals surface area contributed by atoms with Crippen LogP contribution < -0.4 is 22.1 Å². The number of hydrogen-bond donors (Lipinski definition) is 4. The molecule has 9 nitrogen and oxygen atoms in total. The predicted molar refractivity (Wildman–Crippen MR) is 323 cm³/mol. The van der Waals surface area contributed by atoms with Crippen molar-refractivity contribution in [2.45, 2.75) is 135 Å². The summed E-state index contributed by atoms with van der Waals surface area (Å²) in [5, 5.41) is 7.12. The van der Waals surface area contributed by atoms with E-state index < -0.39 is 12.1 Å². The number of anilines is 4. The Morgan fingerprint density at radius 1 is 0.593 bits per heavy atom. The summed E-state index contributed by atoms with van der Waals surface area (Å²) in [7, 11) is 5.44. The van der Waals surface area contributed by atoms with Crippen LogP contribution in [0.15, 0.2) is 83.4 Å².